The zero-order valence-electron chi connectivity index (χ0n) is 15.8. The first-order valence-corrected chi connectivity index (χ1v) is 8.83. The van der Waals surface area contributed by atoms with Gasteiger partial charge in [-0.1, -0.05) is 11.6 Å². The van der Waals surface area contributed by atoms with E-state index in [1.807, 2.05) is 0 Å². The molecule has 0 unspecified atom stereocenters. The smallest absolute Gasteiger partial charge is 0.353 e. The lowest BCUT2D eigenvalue weighted by molar-refractivity contribution is 0.283. The van der Waals surface area contributed by atoms with E-state index in [-0.39, 0.29) is 29.7 Å². The number of methoxy groups -OCH3 is 1. The zero-order valence-corrected chi connectivity index (χ0v) is 16.6. The van der Waals surface area contributed by atoms with Crippen LogP contribution in [0.15, 0.2) is 41.2 Å². The maximum atomic E-state index is 14.4. The molecule has 0 bridgehead atoms. The van der Waals surface area contributed by atoms with Gasteiger partial charge in [0.1, 0.15) is 12.4 Å². The Morgan fingerprint density at radius 2 is 1.83 bits per heavy atom. The highest BCUT2D eigenvalue weighted by atomic mass is 35.5. The topological polar surface area (TPSA) is 62.6 Å². The van der Waals surface area contributed by atoms with E-state index in [1.54, 1.807) is 19.1 Å². The molecule has 3 rings (SSSR count). The van der Waals surface area contributed by atoms with Crippen molar-refractivity contribution < 1.29 is 23.0 Å². The van der Waals surface area contributed by atoms with E-state index in [0.29, 0.717) is 10.6 Å². The minimum absolute atomic E-state index is 0.0252. The van der Waals surface area contributed by atoms with E-state index < -0.39 is 23.1 Å². The maximum Gasteiger partial charge on any atom is 0.353 e. The molecule has 0 radical (unpaired) electrons. The lowest BCUT2D eigenvalue weighted by Crippen LogP contribution is -2.21. The predicted octanol–water partition coefficient (Wildman–Crippen LogP) is 4.40. The number of rotatable bonds is 6. The van der Waals surface area contributed by atoms with Gasteiger partial charge in [-0.05, 0) is 48.4 Å². The van der Waals surface area contributed by atoms with Gasteiger partial charge in [-0.15, -0.1) is 0 Å². The Morgan fingerprint density at radius 3 is 2.45 bits per heavy atom. The summed E-state index contributed by atoms with van der Waals surface area (Å²) >= 11 is 5.94. The first-order valence-electron chi connectivity index (χ1n) is 8.45. The third-order valence-corrected chi connectivity index (χ3v) is 4.50. The van der Waals surface area contributed by atoms with E-state index in [4.69, 9.17) is 25.8 Å². The van der Waals surface area contributed by atoms with Gasteiger partial charge in [0, 0.05) is 12.1 Å². The average molecular weight is 423 g/mol. The molecule has 29 heavy (non-hydrogen) atoms. The highest BCUT2D eigenvalue weighted by Gasteiger charge is 2.15. The van der Waals surface area contributed by atoms with Crippen molar-refractivity contribution >= 4 is 11.6 Å². The number of benzene rings is 2. The van der Waals surface area contributed by atoms with Crippen molar-refractivity contribution in [1.29, 1.82) is 0 Å². The van der Waals surface area contributed by atoms with E-state index >= 15 is 0 Å². The van der Waals surface area contributed by atoms with Crippen molar-refractivity contribution in [3.8, 4) is 23.3 Å². The Kier molecular flexibility index (Phi) is 6.03. The predicted molar refractivity (Wildman–Crippen MR) is 103 cm³/mol. The minimum Gasteiger partial charge on any atom is -0.482 e. The number of halogens is 3. The van der Waals surface area contributed by atoms with Crippen LogP contribution in [0.1, 0.15) is 11.1 Å². The minimum atomic E-state index is -0.897. The van der Waals surface area contributed by atoms with Crippen LogP contribution in [-0.4, -0.2) is 16.7 Å². The highest BCUT2D eigenvalue weighted by molar-refractivity contribution is 6.31. The Bertz CT molecular complexity index is 1100. The quantitative estimate of drug-likeness (QED) is 0.589. The summed E-state index contributed by atoms with van der Waals surface area (Å²) in [7, 11) is 2.88. The molecule has 1 heterocycles. The van der Waals surface area contributed by atoms with Gasteiger partial charge in [0.2, 0.25) is 11.8 Å². The Hall–Kier alpha value is -3.13. The average Bonchev–Trinajstić information content (AvgIpc) is 2.68. The van der Waals surface area contributed by atoms with E-state index in [0.717, 1.165) is 12.1 Å². The number of ether oxygens (including phenoxy) is 3. The molecule has 2 aromatic carbocycles. The number of nitrogens with zero attached hydrogens (tertiary/aromatic N) is 2. The fourth-order valence-electron chi connectivity index (χ4n) is 2.52. The van der Waals surface area contributed by atoms with Gasteiger partial charge < -0.3 is 14.2 Å². The molecule has 0 atom stereocenters. The number of aromatic nitrogens is 2. The van der Waals surface area contributed by atoms with Gasteiger partial charge in [0.05, 0.1) is 13.2 Å². The molecule has 6 nitrogen and oxygen atoms in total. The second-order valence-electron chi connectivity index (χ2n) is 6.17. The summed E-state index contributed by atoms with van der Waals surface area (Å²) in [5.74, 6) is -1.87. The Balaban J connectivity index is 1.78. The van der Waals surface area contributed by atoms with Crippen LogP contribution in [0, 0.1) is 18.6 Å². The van der Waals surface area contributed by atoms with Crippen LogP contribution in [0.3, 0.4) is 0 Å². The molecule has 0 aliphatic heterocycles. The van der Waals surface area contributed by atoms with E-state index in [2.05, 4.69) is 4.98 Å². The molecule has 1 aromatic heterocycles. The molecule has 0 aliphatic carbocycles. The Morgan fingerprint density at radius 1 is 1.14 bits per heavy atom. The molecule has 0 spiro atoms. The van der Waals surface area contributed by atoms with Crippen molar-refractivity contribution in [1.82, 2.24) is 9.55 Å². The Labute approximate surface area is 170 Å². The summed E-state index contributed by atoms with van der Waals surface area (Å²) in [4.78, 5) is 15.5. The lowest BCUT2D eigenvalue weighted by Gasteiger charge is -2.12. The summed E-state index contributed by atoms with van der Waals surface area (Å²) in [6.07, 6.45) is 0. The molecule has 152 valence electrons. The van der Waals surface area contributed by atoms with Crippen molar-refractivity contribution in [3.05, 3.63) is 74.7 Å². The maximum absolute atomic E-state index is 14.4. The van der Waals surface area contributed by atoms with Gasteiger partial charge in [-0.3, -0.25) is 4.57 Å². The summed E-state index contributed by atoms with van der Waals surface area (Å²) in [5, 5.41) is 0.520. The van der Waals surface area contributed by atoms with E-state index in [1.165, 1.54) is 30.9 Å². The molecule has 0 aliphatic rings. The van der Waals surface area contributed by atoms with Crippen molar-refractivity contribution in [2.75, 3.05) is 7.11 Å². The van der Waals surface area contributed by atoms with Crippen LogP contribution >= 0.6 is 11.6 Å². The molecule has 0 saturated heterocycles. The SMILES string of the molecule is COc1cc(OCc2cc(F)c(Oc3ccc(Cl)c(C)c3)c(F)c2)nc(=O)n1C. The standard InChI is InChI=1S/C20H17ClF2N2O4/c1-11-6-13(4-5-14(11)21)29-19-15(22)7-12(8-16(19)23)10-28-17-9-18(27-3)25(2)20(26)24-17/h4-9H,10H2,1-3H3. The molecular weight excluding hydrogens is 406 g/mol. The van der Waals surface area contributed by atoms with Gasteiger partial charge in [0.15, 0.2) is 17.4 Å². The molecule has 0 amide bonds. The first-order chi connectivity index (χ1) is 13.8. The molecule has 0 saturated carbocycles. The van der Waals surface area contributed by atoms with Crippen LogP contribution in [0.2, 0.25) is 5.02 Å². The molecule has 9 heteroatoms. The fourth-order valence-corrected chi connectivity index (χ4v) is 2.63. The van der Waals surface area contributed by atoms with Gasteiger partial charge >= 0.3 is 5.69 Å². The van der Waals surface area contributed by atoms with Crippen molar-refractivity contribution in [2.45, 2.75) is 13.5 Å². The van der Waals surface area contributed by atoms with Crippen molar-refractivity contribution in [2.24, 2.45) is 7.05 Å². The zero-order chi connectivity index (χ0) is 21.1. The molecule has 3 aromatic rings. The largest absolute Gasteiger partial charge is 0.482 e. The van der Waals surface area contributed by atoms with Crippen LogP contribution in [-0.2, 0) is 13.7 Å². The van der Waals surface area contributed by atoms with Crippen LogP contribution < -0.4 is 19.9 Å². The summed E-state index contributed by atoms with van der Waals surface area (Å²) < 4.78 is 45.7. The second-order valence-corrected chi connectivity index (χ2v) is 6.58. The van der Waals surface area contributed by atoms with E-state index in [9.17, 15) is 13.6 Å². The number of hydrogen-bond donors (Lipinski definition) is 0. The summed E-state index contributed by atoms with van der Waals surface area (Å²) in [6, 6.07) is 8.23. The van der Waals surface area contributed by atoms with Gasteiger partial charge in [0.25, 0.3) is 0 Å². The summed E-state index contributed by atoms with van der Waals surface area (Å²) in [6.45, 7) is 1.54. The normalized spacial score (nSPS) is 10.7. The van der Waals surface area contributed by atoms with Crippen LogP contribution in [0.25, 0.3) is 0 Å². The molecule has 0 N–H and O–H groups in total. The van der Waals surface area contributed by atoms with Crippen molar-refractivity contribution in [3.63, 3.8) is 0 Å². The summed E-state index contributed by atoms with van der Waals surface area (Å²) in [5.41, 5.74) is 0.326. The first kappa shape index (κ1) is 20.6. The fraction of sp³-hybridized carbons (Fsp3) is 0.200. The van der Waals surface area contributed by atoms with Gasteiger partial charge in [-0.25, -0.2) is 13.6 Å². The second kappa shape index (κ2) is 8.48. The third kappa shape index (κ3) is 4.65. The van der Waals surface area contributed by atoms with Crippen LogP contribution in [0.4, 0.5) is 8.78 Å². The van der Waals surface area contributed by atoms with Gasteiger partial charge in [-0.2, -0.15) is 4.98 Å². The van der Waals surface area contributed by atoms with Crippen LogP contribution in [0.5, 0.6) is 23.3 Å². The highest BCUT2D eigenvalue weighted by Crippen LogP contribution is 2.31. The molecule has 0 fully saturated rings. The lowest BCUT2D eigenvalue weighted by atomic mass is 10.2. The number of hydrogen-bond acceptors (Lipinski definition) is 5. The molecular formula is C20H17ClF2N2O4. The number of aryl methyl sites for hydroxylation is 1. The third-order valence-electron chi connectivity index (χ3n) is 4.07. The monoisotopic (exact) mass is 422 g/mol.